The Hall–Kier alpha value is -3.06. The number of fused-ring (bicyclic) bond motifs is 4. The molecular formula is C22H21FN4O2. The van der Waals surface area contributed by atoms with Gasteiger partial charge in [-0.15, -0.1) is 0 Å². The van der Waals surface area contributed by atoms with Crippen LogP contribution in [0.1, 0.15) is 11.3 Å². The van der Waals surface area contributed by atoms with Gasteiger partial charge in [0, 0.05) is 36.4 Å². The minimum absolute atomic E-state index is 0.192. The molecule has 0 saturated carbocycles. The van der Waals surface area contributed by atoms with E-state index in [-0.39, 0.29) is 5.82 Å². The molecule has 1 fully saturated rings. The highest BCUT2D eigenvalue weighted by molar-refractivity contribution is 5.86. The van der Waals surface area contributed by atoms with Crippen molar-refractivity contribution in [1.29, 1.82) is 0 Å². The van der Waals surface area contributed by atoms with Gasteiger partial charge in [0.1, 0.15) is 11.3 Å². The number of morpholine rings is 1. The zero-order valence-electron chi connectivity index (χ0n) is 15.9. The van der Waals surface area contributed by atoms with Crippen LogP contribution in [0, 0.1) is 5.82 Å². The first kappa shape index (κ1) is 16.9. The molecule has 0 unspecified atom stereocenters. The van der Waals surface area contributed by atoms with Crippen LogP contribution in [0.15, 0.2) is 40.8 Å². The quantitative estimate of drug-likeness (QED) is 0.562. The summed E-state index contributed by atoms with van der Waals surface area (Å²) in [6.07, 6.45) is 0.884. The average molecular weight is 392 g/mol. The number of aromatic nitrogens is 2. The molecule has 0 spiro atoms. The van der Waals surface area contributed by atoms with E-state index in [2.05, 4.69) is 26.9 Å². The van der Waals surface area contributed by atoms with E-state index in [1.54, 1.807) is 6.07 Å². The molecule has 2 aliphatic rings. The third-order valence-corrected chi connectivity index (χ3v) is 5.97. The number of nitrogens with one attached hydrogen (secondary N) is 1. The predicted octanol–water partition coefficient (Wildman–Crippen LogP) is 3.85. The molecular weight excluding hydrogens is 371 g/mol. The normalized spacial score (nSPS) is 17.3. The van der Waals surface area contributed by atoms with Crippen molar-refractivity contribution >= 4 is 33.7 Å². The predicted molar refractivity (Wildman–Crippen MR) is 110 cm³/mol. The van der Waals surface area contributed by atoms with Gasteiger partial charge in [0.25, 0.3) is 6.01 Å². The van der Waals surface area contributed by atoms with Crippen LogP contribution in [0.25, 0.3) is 22.0 Å². The van der Waals surface area contributed by atoms with Crippen LogP contribution >= 0.6 is 0 Å². The molecule has 0 amide bonds. The SMILES string of the molecule is Fc1cccc2c3c([nH]c12)CN(c1ccc2oc(N4CCOCC4)nc2c1)CC3. The number of aromatic amines is 1. The molecule has 29 heavy (non-hydrogen) atoms. The highest BCUT2D eigenvalue weighted by Gasteiger charge is 2.23. The van der Waals surface area contributed by atoms with Gasteiger partial charge < -0.3 is 23.9 Å². The molecule has 4 heterocycles. The van der Waals surface area contributed by atoms with Crippen LogP contribution in [0.4, 0.5) is 16.1 Å². The first-order valence-electron chi connectivity index (χ1n) is 10.0. The molecule has 0 aliphatic carbocycles. The van der Waals surface area contributed by atoms with E-state index in [0.29, 0.717) is 24.7 Å². The highest BCUT2D eigenvalue weighted by atomic mass is 19.1. The summed E-state index contributed by atoms with van der Waals surface area (Å²) in [6, 6.07) is 12.1. The van der Waals surface area contributed by atoms with Gasteiger partial charge >= 0.3 is 0 Å². The Morgan fingerprint density at radius 2 is 1.93 bits per heavy atom. The van der Waals surface area contributed by atoms with Crippen molar-refractivity contribution in [3.05, 3.63) is 53.5 Å². The number of hydrogen-bond donors (Lipinski definition) is 1. The smallest absolute Gasteiger partial charge is 0.298 e. The van der Waals surface area contributed by atoms with Crippen molar-refractivity contribution in [2.45, 2.75) is 13.0 Å². The summed E-state index contributed by atoms with van der Waals surface area (Å²) >= 11 is 0. The topological polar surface area (TPSA) is 57.5 Å². The number of ether oxygens (including phenoxy) is 1. The van der Waals surface area contributed by atoms with E-state index in [0.717, 1.165) is 60.5 Å². The van der Waals surface area contributed by atoms with Crippen LogP contribution in [-0.4, -0.2) is 42.8 Å². The van der Waals surface area contributed by atoms with E-state index in [4.69, 9.17) is 14.1 Å². The van der Waals surface area contributed by atoms with E-state index < -0.39 is 0 Å². The lowest BCUT2D eigenvalue weighted by Gasteiger charge is -2.29. The number of rotatable bonds is 2. The Kier molecular flexibility index (Phi) is 3.77. The highest BCUT2D eigenvalue weighted by Crippen LogP contribution is 2.33. The molecule has 0 bridgehead atoms. The fraction of sp³-hybridized carbons (Fsp3) is 0.318. The molecule has 6 rings (SSSR count). The molecule has 1 N–H and O–H groups in total. The fourth-order valence-electron chi connectivity index (χ4n) is 4.44. The molecule has 1 saturated heterocycles. The molecule has 2 aromatic heterocycles. The Bertz CT molecular complexity index is 1210. The minimum atomic E-state index is -0.192. The van der Waals surface area contributed by atoms with Crippen LogP contribution in [-0.2, 0) is 17.7 Å². The van der Waals surface area contributed by atoms with Gasteiger partial charge in [-0.3, -0.25) is 0 Å². The number of hydrogen-bond acceptors (Lipinski definition) is 5. The van der Waals surface area contributed by atoms with E-state index in [9.17, 15) is 4.39 Å². The number of nitrogens with zero attached hydrogens (tertiary/aromatic N) is 3. The fourth-order valence-corrected chi connectivity index (χ4v) is 4.44. The second kappa shape index (κ2) is 6.49. The molecule has 148 valence electrons. The standard InChI is InChI=1S/C22H21FN4O2/c23-17-3-1-2-16-15-6-7-27(13-19(15)24-21(16)17)14-4-5-20-18(12-14)25-22(29-20)26-8-10-28-11-9-26/h1-5,12,24H,6-11,13H2. The maximum absolute atomic E-state index is 14.1. The van der Waals surface area contributed by atoms with Crippen molar-refractivity contribution in [2.24, 2.45) is 0 Å². The minimum Gasteiger partial charge on any atom is -0.423 e. The monoisotopic (exact) mass is 392 g/mol. The van der Waals surface area contributed by atoms with E-state index in [1.165, 1.54) is 11.6 Å². The second-order valence-electron chi connectivity index (χ2n) is 7.66. The Morgan fingerprint density at radius 1 is 1.03 bits per heavy atom. The second-order valence-corrected chi connectivity index (χ2v) is 7.66. The summed E-state index contributed by atoms with van der Waals surface area (Å²) in [5.41, 5.74) is 5.68. The summed E-state index contributed by atoms with van der Waals surface area (Å²) in [6.45, 7) is 4.60. The van der Waals surface area contributed by atoms with Crippen molar-refractivity contribution in [3.63, 3.8) is 0 Å². The summed E-state index contributed by atoms with van der Waals surface area (Å²) in [7, 11) is 0. The molecule has 6 nitrogen and oxygen atoms in total. The molecule has 0 radical (unpaired) electrons. The van der Waals surface area contributed by atoms with E-state index in [1.807, 2.05) is 12.1 Å². The maximum atomic E-state index is 14.1. The largest absolute Gasteiger partial charge is 0.423 e. The zero-order valence-corrected chi connectivity index (χ0v) is 15.9. The number of benzene rings is 2. The molecule has 2 aliphatic heterocycles. The number of halogens is 1. The first-order chi connectivity index (χ1) is 14.3. The summed E-state index contributed by atoms with van der Waals surface area (Å²) < 4.78 is 25.5. The van der Waals surface area contributed by atoms with Gasteiger partial charge in [-0.05, 0) is 36.2 Å². The maximum Gasteiger partial charge on any atom is 0.298 e. The average Bonchev–Trinajstić information content (AvgIpc) is 3.35. The van der Waals surface area contributed by atoms with Crippen molar-refractivity contribution in [2.75, 3.05) is 42.6 Å². The molecule has 0 atom stereocenters. The van der Waals surface area contributed by atoms with E-state index >= 15 is 0 Å². The first-order valence-corrected chi connectivity index (χ1v) is 10.0. The van der Waals surface area contributed by atoms with Crippen molar-refractivity contribution < 1.29 is 13.5 Å². The lowest BCUT2D eigenvalue weighted by molar-refractivity contribution is 0.120. The third kappa shape index (κ3) is 2.76. The van der Waals surface area contributed by atoms with Gasteiger partial charge in [-0.25, -0.2) is 4.39 Å². The number of anilines is 2. The zero-order chi connectivity index (χ0) is 19.4. The van der Waals surface area contributed by atoms with Crippen LogP contribution < -0.4 is 9.80 Å². The van der Waals surface area contributed by atoms with Crippen LogP contribution in [0.5, 0.6) is 0 Å². The molecule has 2 aromatic carbocycles. The number of para-hydroxylation sites is 1. The van der Waals surface area contributed by atoms with Gasteiger partial charge in [0.15, 0.2) is 5.58 Å². The van der Waals surface area contributed by atoms with Gasteiger partial charge in [0.05, 0.1) is 25.3 Å². The summed E-state index contributed by atoms with van der Waals surface area (Å²) in [5, 5.41) is 1.00. The van der Waals surface area contributed by atoms with Gasteiger partial charge in [-0.1, -0.05) is 12.1 Å². The number of oxazole rings is 1. The Morgan fingerprint density at radius 3 is 2.83 bits per heavy atom. The Labute approximate surface area is 166 Å². The lowest BCUT2D eigenvalue weighted by Crippen LogP contribution is -2.36. The molecule has 7 heteroatoms. The van der Waals surface area contributed by atoms with Crippen LogP contribution in [0.2, 0.25) is 0 Å². The molecule has 4 aromatic rings. The lowest BCUT2D eigenvalue weighted by atomic mass is 10.0. The van der Waals surface area contributed by atoms with Crippen LogP contribution in [0.3, 0.4) is 0 Å². The third-order valence-electron chi connectivity index (χ3n) is 5.97. The Balaban J connectivity index is 1.31. The van der Waals surface area contributed by atoms with Gasteiger partial charge in [0.2, 0.25) is 0 Å². The van der Waals surface area contributed by atoms with Crippen molar-refractivity contribution in [1.82, 2.24) is 9.97 Å². The van der Waals surface area contributed by atoms with Crippen molar-refractivity contribution in [3.8, 4) is 0 Å². The summed E-state index contributed by atoms with van der Waals surface area (Å²) in [4.78, 5) is 12.4. The number of H-pyrrole nitrogens is 1. The summed E-state index contributed by atoms with van der Waals surface area (Å²) in [5.74, 6) is -0.192. The van der Waals surface area contributed by atoms with Gasteiger partial charge in [-0.2, -0.15) is 4.98 Å².